The van der Waals surface area contributed by atoms with E-state index in [9.17, 15) is 14.4 Å². The zero-order chi connectivity index (χ0) is 15.9. The summed E-state index contributed by atoms with van der Waals surface area (Å²) in [4.78, 5) is 35.4. The van der Waals surface area contributed by atoms with E-state index in [4.69, 9.17) is 0 Å². The van der Waals surface area contributed by atoms with E-state index >= 15 is 0 Å². The molecule has 1 saturated heterocycles. The first-order valence-electron chi connectivity index (χ1n) is 6.80. The fourth-order valence-corrected chi connectivity index (χ4v) is 1.93. The molecule has 3 aliphatic rings. The fourth-order valence-electron chi connectivity index (χ4n) is 1.93. The second-order valence-corrected chi connectivity index (χ2v) is 4.70. The predicted octanol–water partition coefficient (Wildman–Crippen LogP) is 0.799. The molecule has 5 nitrogen and oxygen atoms in total. The minimum absolute atomic E-state index is 0. The van der Waals surface area contributed by atoms with Crippen LogP contribution in [0.25, 0.3) is 0 Å². The van der Waals surface area contributed by atoms with E-state index < -0.39 is 11.8 Å². The smallest absolute Gasteiger partial charge is 0.320 e. The maximum Gasteiger partial charge on any atom is 2.00 e. The Bertz CT molecular complexity index is 459. The molecule has 0 aromatic carbocycles. The monoisotopic (exact) mass is 352 g/mol. The maximum absolute atomic E-state index is 11.9. The van der Waals surface area contributed by atoms with Crippen molar-refractivity contribution in [2.45, 2.75) is 6.92 Å². The third kappa shape index (κ3) is 6.11. The number of hydrogen-bond acceptors (Lipinski definition) is 3. The van der Waals surface area contributed by atoms with Crippen molar-refractivity contribution in [1.82, 2.24) is 10.2 Å². The van der Waals surface area contributed by atoms with Crippen molar-refractivity contribution < 1.29 is 31.5 Å². The molecule has 118 valence electrons. The summed E-state index contributed by atoms with van der Waals surface area (Å²) in [5, 5.41) is 2.47. The molecule has 1 N–H and O–H groups in total. The van der Waals surface area contributed by atoms with Crippen LogP contribution in [0.3, 0.4) is 0 Å². The number of hydrogen-bond donors (Lipinski definition) is 1. The summed E-state index contributed by atoms with van der Waals surface area (Å²) in [7, 11) is 0. The van der Waals surface area contributed by atoms with Crippen molar-refractivity contribution in [2.24, 2.45) is 0 Å². The van der Waals surface area contributed by atoms with Gasteiger partial charge in [-0.25, -0.2) is 0 Å². The molecule has 3 rings (SSSR count). The van der Waals surface area contributed by atoms with Gasteiger partial charge in [0.2, 0.25) is 11.8 Å². The van der Waals surface area contributed by atoms with Crippen LogP contribution in [-0.2, 0) is 31.5 Å². The third-order valence-electron chi connectivity index (χ3n) is 2.99. The van der Waals surface area contributed by atoms with Gasteiger partial charge in [0, 0.05) is 12.8 Å². The number of amides is 3. The summed E-state index contributed by atoms with van der Waals surface area (Å²) in [6.07, 6.45) is 18.8. The average Bonchev–Trinajstić information content (AvgIpc) is 3.17. The van der Waals surface area contributed by atoms with Crippen molar-refractivity contribution >= 4 is 17.7 Å². The first-order chi connectivity index (χ1) is 10.6. The molecule has 0 spiro atoms. The number of carbonyl (C=O) groups excluding carboxylic acids is 3. The normalized spacial score (nSPS) is 23.2. The van der Waals surface area contributed by atoms with Gasteiger partial charge >= 0.3 is 17.1 Å². The molecular formula is C17H16FeN2O3+2. The Morgan fingerprint density at radius 3 is 2.04 bits per heavy atom. The number of piperazine rings is 1. The largest absolute Gasteiger partial charge is 2.00 e. The average molecular weight is 352 g/mol. The number of imide groups is 1. The zero-order valence-electron chi connectivity index (χ0n) is 12.5. The SMILES string of the molecule is CC(=O)N1CC(=O)N/C(=C\[C]2[CH][CH][CH][CH]2)C1=O.[CH]1[CH][CH][CH][CH]1.[Fe+2]. The van der Waals surface area contributed by atoms with Gasteiger partial charge < -0.3 is 5.32 Å². The summed E-state index contributed by atoms with van der Waals surface area (Å²) in [5.41, 5.74) is 0.127. The Balaban J connectivity index is 0.000000377. The quantitative estimate of drug-likeness (QED) is 0.561. The van der Waals surface area contributed by atoms with Crippen molar-refractivity contribution in [3.8, 4) is 0 Å². The Morgan fingerprint density at radius 2 is 1.57 bits per heavy atom. The third-order valence-corrected chi connectivity index (χ3v) is 2.99. The molecule has 3 amide bonds. The summed E-state index contributed by atoms with van der Waals surface area (Å²) in [6, 6.07) is 0. The predicted molar refractivity (Wildman–Crippen MR) is 80.6 cm³/mol. The molecule has 2 aliphatic carbocycles. The van der Waals surface area contributed by atoms with Crippen molar-refractivity contribution in [3.05, 3.63) is 75.5 Å². The van der Waals surface area contributed by atoms with Crippen LogP contribution in [-0.4, -0.2) is 29.2 Å². The minimum atomic E-state index is -0.474. The first kappa shape index (κ1) is 19.9. The fraction of sp³-hybridized carbons (Fsp3) is 0.118. The Morgan fingerprint density at radius 1 is 1.04 bits per heavy atom. The van der Waals surface area contributed by atoms with E-state index in [0.29, 0.717) is 0 Å². The molecule has 1 heterocycles. The van der Waals surface area contributed by atoms with Crippen LogP contribution in [0.2, 0.25) is 0 Å². The van der Waals surface area contributed by atoms with Crippen LogP contribution in [0.15, 0.2) is 11.8 Å². The van der Waals surface area contributed by atoms with E-state index in [0.717, 1.165) is 10.8 Å². The van der Waals surface area contributed by atoms with Gasteiger partial charge in [0.05, 0.1) is 0 Å². The molecule has 0 atom stereocenters. The first-order valence-corrected chi connectivity index (χ1v) is 6.80. The summed E-state index contributed by atoms with van der Waals surface area (Å²) in [5.74, 6) is -0.465. The van der Waals surface area contributed by atoms with Crippen molar-refractivity contribution in [1.29, 1.82) is 0 Å². The molecule has 6 heteroatoms. The minimum Gasteiger partial charge on any atom is -0.320 e. The number of rotatable bonds is 1. The standard InChI is InChI=1S/C12H11N2O3.C5H5.Fe/c1-8(15)14-7-11(16)13-10(12(14)17)6-9-4-2-3-5-9;1-2-4-5-3-1;/h2-6H,7H2,1H3,(H,13,16);1-5H;/q;;+2/b10-6-;;. The van der Waals surface area contributed by atoms with Crippen molar-refractivity contribution in [2.75, 3.05) is 6.54 Å². The van der Waals surface area contributed by atoms with Crippen LogP contribution < -0.4 is 5.32 Å². The maximum atomic E-state index is 11.9. The van der Waals surface area contributed by atoms with E-state index in [-0.39, 0.29) is 35.2 Å². The van der Waals surface area contributed by atoms with Gasteiger partial charge in [0.25, 0.3) is 5.91 Å². The van der Waals surface area contributed by atoms with Gasteiger partial charge in [0.1, 0.15) is 12.2 Å². The van der Waals surface area contributed by atoms with Gasteiger partial charge in [0.15, 0.2) is 0 Å². The van der Waals surface area contributed by atoms with E-state index in [1.54, 1.807) is 18.9 Å². The van der Waals surface area contributed by atoms with Crippen LogP contribution >= 0.6 is 0 Å². The summed E-state index contributed by atoms with van der Waals surface area (Å²) in [6.45, 7) is 1.04. The van der Waals surface area contributed by atoms with Gasteiger partial charge in [-0.2, -0.15) is 0 Å². The molecule has 0 bridgehead atoms. The molecule has 1 aliphatic heterocycles. The van der Waals surface area contributed by atoms with Gasteiger partial charge in [-0.1, -0.05) is 0 Å². The molecular weight excluding hydrogens is 336 g/mol. The van der Waals surface area contributed by atoms with Crippen LogP contribution in [0, 0.1) is 63.7 Å². The van der Waals surface area contributed by atoms with Gasteiger partial charge in [-0.15, -0.1) is 0 Å². The van der Waals surface area contributed by atoms with Crippen LogP contribution in [0.5, 0.6) is 0 Å². The number of carbonyl (C=O) groups is 3. The Kier molecular flexibility index (Phi) is 8.56. The van der Waals surface area contributed by atoms with Crippen LogP contribution in [0.1, 0.15) is 6.92 Å². The second-order valence-electron chi connectivity index (χ2n) is 4.70. The van der Waals surface area contributed by atoms with E-state index in [1.807, 2.05) is 44.9 Å². The molecule has 0 aromatic rings. The molecule has 10 radical (unpaired) electrons. The molecule has 3 fully saturated rings. The molecule has 0 aromatic heterocycles. The number of allylic oxidation sites excluding steroid dienone is 1. The number of nitrogens with one attached hydrogen (secondary N) is 1. The molecule has 2 saturated carbocycles. The molecule has 23 heavy (non-hydrogen) atoms. The van der Waals surface area contributed by atoms with Crippen LogP contribution in [0.4, 0.5) is 0 Å². The number of nitrogens with zero attached hydrogens (tertiary/aromatic N) is 1. The van der Waals surface area contributed by atoms with Gasteiger partial charge in [-0.05, 0) is 63.9 Å². The van der Waals surface area contributed by atoms with Gasteiger partial charge in [-0.3, -0.25) is 19.3 Å². The Labute approximate surface area is 148 Å². The van der Waals surface area contributed by atoms with E-state index in [1.165, 1.54) is 6.92 Å². The molecule has 0 unspecified atom stereocenters. The summed E-state index contributed by atoms with van der Waals surface area (Å²) < 4.78 is 0. The Hall–Kier alpha value is -1.13. The van der Waals surface area contributed by atoms with Crippen molar-refractivity contribution in [3.63, 3.8) is 0 Å². The van der Waals surface area contributed by atoms with E-state index in [2.05, 4.69) is 5.32 Å². The topological polar surface area (TPSA) is 66.5 Å². The summed E-state index contributed by atoms with van der Waals surface area (Å²) >= 11 is 0. The second kappa shape index (κ2) is 9.89. The zero-order valence-corrected chi connectivity index (χ0v) is 13.6.